The highest BCUT2D eigenvalue weighted by Crippen LogP contribution is 2.21. The van der Waals surface area contributed by atoms with Gasteiger partial charge < -0.3 is 11.1 Å². The van der Waals surface area contributed by atoms with Crippen LogP contribution in [0.5, 0.6) is 0 Å². The Labute approximate surface area is 107 Å². The summed E-state index contributed by atoms with van der Waals surface area (Å²) in [5.41, 5.74) is 9.96. The molecule has 2 aromatic carbocycles. The second kappa shape index (κ2) is 5.24. The first-order chi connectivity index (χ1) is 8.72. The molecule has 0 bridgehead atoms. The predicted octanol–water partition coefficient (Wildman–Crippen LogP) is 3.45. The van der Waals surface area contributed by atoms with Gasteiger partial charge >= 0.3 is 0 Å². The first-order valence-corrected chi connectivity index (χ1v) is 5.88. The monoisotopic (exact) mass is 237 g/mol. The molecule has 2 rings (SSSR count). The van der Waals surface area contributed by atoms with Crippen LogP contribution in [0.4, 0.5) is 17.1 Å². The zero-order chi connectivity index (χ0) is 13.0. The van der Waals surface area contributed by atoms with E-state index in [1.807, 2.05) is 24.3 Å². The third-order valence-corrected chi connectivity index (χ3v) is 2.82. The summed E-state index contributed by atoms with van der Waals surface area (Å²) in [6, 6.07) is 15.6. The lowest BCUT2D eigenvalue weighted by atomic mass is 10.1. The molecular weight excluding hydrogens is 222 g/mol. The molecule has 0 aliphatic rings. The zero-order valence-corrected chi connectivity index (χ0v) is 10.3. The van der Waals surface area contributed by atoms with E-state index < -0.39 is 0 Å². The molecule has 90 valence electrons. The summed E-state index contributed by atoms with van der Waals surface area (Å²) in [7, 11) is 0. The zero-order valence-electron chi connectivity index (χ0n) is 10.3. The van der Waals surface area contributed by atoms with Crippen molar-refractivity contribution in [3.8, 4) is 6.07 Å². The molecule has 0 amide bonds. The molecule has 2 aromatic rings. The summed E-state index contributed by atoms with van der Waals surface area (Å²) in [5, 5.41) is 12.1. The van der Waals surface area contributed by atoms with Crippen LogP contribution in [-0.2, 0) is 6.42 Å². The van der Waals surface area contributed by atoms with Crippen molar-refractivity contribution < 1.29 is 0 Å². The van der Waals surface area contributed by atoms with Gasteiger partial charge in [0, 0.05) is 11.4 Å². The van der Waals surface area contributed by atoms with Crippen molar-refractivity contribution in [2.45, 2.75) is 13.3 Å². The Morgan fingerprint density at radius 1 is 1.11 bits per heavy atom. The Balaban J connectivity index is 2.18. The predicted molar refractivity (Wildman–Crippen MR) is 74.7 cm³/mol. The number of aryl methyl sites for hydroxylation is 1. The fourth-order valence-corrected chi connectivity index (χ4v) is 1.73. The lowest BCUT2D eigenvalue weighted by molar-refractivity contribution is 1.14. The van der Waals surface area contributed by atoms with Crippen LogP contribution in [0, 0.1) is 11.3 Å². The summed E-state index contributed by atoms with van der Waals surface area (Å²) in [4.78, 5) is 0. The van der Waals surface area contributed by atoms with Gasteiger partial charge in [-0.15, -0.1) is 0 Å². The minimum absolute atomic E-state index is 0.493. The van der Waals surface area contributed by atoms with Gasteiger partial charge in [-0.3, -0.25) is 0 Å². The van der Waals surface area contributed by atoms with E-state index in [1.165, 1.54) is 5.56 Å². The van der Waals surface area contributed by atoms with Gasteiger partial charge in [0.1, 0.15) is 6.07 Å². The van der Waals surface area contributed by atoms with Gasteiger partial charge in [0.15, 0.2) is 0 Å². The van der Waals surface area contributed by atoms with E-state index in [1.54, 1.807) is 12.1 Å². The van der Waals surface area contributed by atoms with Crippen LogP contribution in [0.15, 0.2) is 42.5 Å². The van der Waals surface area contributed by atoms with E-state index in [4.69, 9.17) is 11.0 Å². The van der Waals surface area contributed by atoms with Crippen molar-refractivity contribution in [3.63, 3.8) is 0 Å². The third kappa shape index (κ3) is 2.61. The van der Waals surface area contributed by atoms with E-state index in [-0.39, 0.29) is 0 Å². The highest BCUT2D eigenvalue weighted by Gasteiger charge is 2.00. The number of benzene rings is 2. The van der Waals surface area contributed by atoms with E-state index in [0.29, 0.717) is 11.3 Å². The van der Waals surface area contributed by atoms with E-state index in [0.717, 1.165) is 17.8 Å². The number of rotatable bonds is 3. The summed E-state index contributed by atoms with van der Waals surface area (Å²) in [6.45, 7) is 2.13. The number of hydrogen-bond donors (Lipinski definition) is 2. The lowest BCUT2D eigenvalue weighted by Crippen LogP contribution is -1.95. The first kappa shape index (κ1) is 12.0. The normalized spacial score (nSPS) is 9.78. The molecule has 0 saturated carbocycles. The lowest BCUT2D eigenvalue weighted by Gasteiger charge is -2.08. The van der Waals surface area contributed by atoms with E-state index >= 15 is 0 Å². The number of nitrogens with two attached hydrogens (primary N) is 1. The molecule has 3 nitrogen and oxygen atoms in total. The molecule has 3 N–H and O–H groups in total. The van der Waals surface area contributed by atoms with Crippen LogP contribution in [0.3, 0.4) is 0 Å². The maximum Gasteiger partial charge on any atom is 0.101 e. The minimum atomic E-state index is 0.493. The van der Waals surface area contributed by atoms with Gasteiger partial charge in [-0.1, -0.05) is 19.1 Å². The van der Waals surface area contributed by atoms with Crippen molar-refractivity contribution in [1.29, 1.82) is 5.26 Å². The smallest absolute Gasteiger partial charge is 0.101 e. The highest BCUT2D eigenvalue weighted by atomic mass is 14.9. The Morgan fingerprint density at radius 3 is 2.33 bits per heavy atom. The van der Waals surface area contributed by atoms with Gasteiger partial charge in [-0.2, -0.15) is 5.26 Å². The van der Waals surface area contributed by atoms with E-state index in [9.17, 15) is 0 Å². The number of anilines is 3. The largest absolute Gasteiger partial charge is 0.398 e. The molecule has 0 unspecified atom stereocenters. The van der Waals surface area contributed by atoms with Crippen molar-refractivity contribution in [2.24, 2.45) is 0 Å². The molecule has 0 radical (unpaired) electrons. The van der Waals surface area contributed by atoms with Gasteiger partial charge in [-0.25, -0.2) is 0 Å². The van der Waals surface area contributed by atoms with Crippen LogP contribution in [0.1, 0.15) is 18.1 Å². The van der Waals surface area contributed by atoms with Gasteiger partial charge in [0.05, 0.1) is 11.3 Å². The van der Waals surface area contributed by atoms with Crippen LogP contribution in [0.2, 0.25) is 0 Å². The molecule has 0 saturated heterocycles. The molecule has 0 heterocycles. The average Bonchev–Trinajstić information content (AvgIpc) is 2.40. The average molecular weight is 237 g/mol. The molecular formula is C15H15N3. The fraction of sp³-hybridized carbons (Fsp3) is 0.133. The fourth-order valence-electron chi connectivity index (χ4n) is 1.73. The van der Waals surface area contributed by atoms with Crippen LogP contribution >= 0.6 is 0 Å². The van der Waals surface area contributed by atoms with Crippen molar-refractivity contribution >= 4 is 17.1 Å². The van der Waals surface area contributed by atoms with Crippen LogP contribution in [-0.4, -0.2) is 0 Å². The number of hydrogen-bond acceptors (Lipinski definition) is 3. The SMILES string of the molecule is CCc1ccc(Nc2ccc(C#N)c(N)c2)cc1. The van der Waals surface area contributed by atoms with Gasteiger partial charge in [0.25, 0.3) is 0 Å². The van der Waals surface area contributed by atoms with Crippen molar-refractivity contribution in [3.05, 3.63) is 53.6 Å². The van der Waals surface area contributed by atoms with Gasteiger partial charge in [0.2, 0.25) is 0 Å². The first-order valence-electron chi connectivity index (χ1n) is 5.88. The Bertz CT molecular complexity index is 580. The topological polar surface area (TPSA) is 61.8 Å². The number of nitrogens with one attached hydrogen (secondary N) is 1. The number of nitriles is 1. The standard InChI is InChI=1S/C15H15N3/c1-2-11-3-6-13(7-4-11)18-14-8-5-12(10-16)15(17)9-14/h3-9,18H,2,17H2,1H3. The second-order valence-electron chi connectivity index (χ2n) is 4.09. The molecule has 0 aliphatic heterocycles. The van der Waals surface area contributed by atoms with Crippen LogP contribution in [0.25, 0.3) is 0 Å². The summed E-state index contributed by atoms with van der Waals surface area (Å²) in [6.07, 6.45) is 1.03. The Kier molecular flexibility index (Phi) is 3.49. The molecule has 0 atom stereocenters. The maximum absolute atomic E-state index is 8.81. The summed E-state index contributed by atoms with van der Waals surface area (Å²) < 4.78 is 0. The highest BCUT2D eigenvalue weighted by molar-refractivity contribution is 5.67. The minimum Gasteiger partial charge on any atom is -0.398 e. The second-order valence-corrected chi connectivity index (χ2v) is 4.09. The van der Waals surface area contributed by atoms with E-state index in [2.05, 4.69) is 24.4 Å². The number of nitrogens with zero attached hydrogens (tertiary/aromatic N) is 1. The van der Waals surface area contributed by atoms with Crippen LogP contribution < -0.4 is 11.1 Å². The third-order valence-electron chi connectivity index (χ3n) is 2.82. The summed E-state index contributed by atoms with van der Waals surface area (Å²) in [5.74, 6) is 0. The quantitative estimate of drug-likeness (QED) is 0.804. The Hall–Kier alpha value is -2.47. The molecule has 0 aromatic heterocycles. The molecule has 0 spiro atoms. The molecule has 3 heteroatoms. The van der Waals surface area contributed by atoms with Gasteiger partial charge in [-0.05, 0) is 42.3 Å². The molecule has 0 fully saturated rings. The Morgan fingerprint density at radius 2 is 1.78 bits per heavy atom. The van der Waals surface area contributed by atoms with Crippen molar-refractivity contribution in [2.75, 3.05) is 11.1 Å². The molecule has 0 aliphatic carbocycles. The van der Waals surface area contributed by atoms with Crippen molar-refractivity contribution in [1.82, 2.24) is 0 Å². The molecule has 18 heavy (non-hydrogen) atoms. The number of nitrogen functional groups attached to an aromatic ring is 1. The summed E-state index contributed by atoms with van der Waals surface area (Å²) >= 11 is 0. The maximum atomic E-state index is 8.81.